The first kappa shape index (κ1) is 13.8. The van der Waals surface area contributed by atoms with Gasteiger partial charge in [-0.2, -0.15) is 0 Å². The number of hydrogen-bond donors (Lipinski definition) is 1. The lowest BCUT2D eigenvalue weighted by Gasteiger charge is -2.11. The Morgan fingerprint density at radius 2 is 2.16 bits per heavy atom. The lowest BCUT2D eigenvalue weighted by atomic mass is 10.0. The molecule has 1 aliphatic carbocycles. The van der Waals surface area contributed by atoms with Gasteiger partial charge in [0.25, 0.3) is 0 Å². The van der Waals surface area contributed by atoms with E-state index in [9.17, 15) is 4.79 Å². The highest BCUT2D eigenvalue weighted by Crippen LogP contribution is 2.27. The second-order valence-corrected chi connectivity index (χ2v) is 5.19. The summed E-state index contributed by atoms with van der Waals surface area (Å²) in [7, 11) is 1.38. The summed E-state index contributed by atoms with van der Waals surface area (Å²) < 4.78 is 4.71. The van der Waals surface area contributed by atoms with Crippen LogP contribution in [0.1, 0.15) is 48.2 Å². The van der Waals surface area contributed by atoms with Gasteiger partial charge in [-0.05, 0) is 31.4 Å². The van der Waals surface area contributed by atoms with E-state index in [1.54, 1.807) is 6.07 Å². The number of hydrogen-bond acceptors (Lipinski definition) is 4. The minimum atomic E-state index is -0.331. The van der Waals surface area contributed by atoms with E-state index in [2.05, 4.69) is 10.3 Å². The molecule has 0 aliphatic heterocycles. The van der Waals surface area contributed by atoms with Gasteiger partial charge in [-0.25, -0.2) is 9.78 Å². The number of carbonyl (C=O) groups is 1. The van der Waals surface area contributed by atoms with E-state index in [1.165, 1.54) is 39.2 Å². The number of nitrogens with zero attached hydrogens (tertiary/aromatic N) is 1. The Bertz CT molecular complexity index is 440. The van der Waals surface area contributed by atoms with Crippen LogP contribution in [-0.2, 0) is 4.74 Å². The van der Waals surface area contributed by atoms with Gasteiger partial charge in [0, 0.05) is 6.54 Å². The molecule has 1 heterocycles. The zero-order valence-electron chi connectivity index (χ0n) is 11.7. The normalized spacial score (nSPS) is 15.5. The monoisotopic (exact) mass is 262 g/mol. The van der Waals surface area contributed by atoms with Crippen LogP contribution in [-0.4, -0.2) is 24.6 Å². The Kier molecular flexibility index (Phi) is 4.77. The Morgan fingerprint density at radius 1 is 1.42 bits per heavy atom. The van der Waals surface area contributed by atoms with Crippen molar-refractivity contribution in [2.75, 3.05) is 19.0 Å². The van der Waals surface area contributed by atoms with Crippen LogP contribution in [0.15, 0.2) is 12.1 Å². The average molecular weight is 262 g/mol. The molecule has 1 fully saturated rings. The predicted octanol–water partition coefficient (Wildman–Crippen LogP) is 3.17. The van der Waals surface area contributed by atoms with E-state index in [0.29, 0.717) is 11.3 Å². The third-order valence-electron chi connectivity index (χ3n) is 3.82. The molecule has 0 atom stereocenters. The number of aromatic nitrogens is 1. The summed E-state index contributed by atoms with van der Waals surface area (Å²) in [6, 6.07) is 3.61. The fourth-order valence-electron chi connectivity index (χ4n) is 2.69. The number of rotatable bonds is 5. The van der Waals surface area contributed by atoms with Crippen molar-refractivity contribution >= 4 is 11.8 Å². The summed E-state index contributed by atoms with van der Waals surface area (Å²) in [6.45, 7) is 2.78. The standard InChI is InChI=1S/C15H22N2O2/c1-11-13(15(18)19-2)7-8-14(17-11)16-10-9-12-5-3-4-6-12/h7-8,12H,3-6,9-10H2,1-2H3,(H,16,17). The van der Waals surface area contributed by atoms with Crippen molar-refractivity contribution in [3.05, 3.63) is 23.4 Å². The van der Waals surface area contributed by atoms with Gasteiger partial charge >= 0.3 is 5.97 Å². The molecule has 2 rings (SSSR count). The van der Waals surface area contributed by atoms with Crippen LogP contribution >= 0.6 is 0 Å². The summed E-state index contributed by atoms with van der Waals surface area (Å²) in [5.41, 5.74) is 1.24. The summed E-state index contributed by atoms with van der Waals surface area (Å²) in [4.78, 5) is 15.8. The number of carbonyl (C=O) groups excluding carboxylic acids is 1. The van der Waals surface area contributed by atoms with E-state index in [0.717, 1.165) is 18.3 Å². The Morgan fingerprint density at radius 3 is 2.79 bits per heavy atom. The highest BCUT2D eigenvalue weighted by molar-refractivity contribution is 5.90. The van der Waals surface area contributed by atoms with Crippen molar-refractivity contribution in [3.63, 3.8) is 0 Å². The molecule has 0 spiro atoms. The number of pyridine rings is 1. The molecule has 1 aromatic rings. The Labute approximate surface area is 114 Å². The molecular weight excluding hydrogens is 240 g/mol. The van der Waals surface area contributed by atoms with E-state index < -0.39 is 0 Å². The number of esters is 1. The van der Waals surface area contributed by atoms with Crippen molar-refractivity contribution in [1.82, 2.24) is 4.98 Å². The fraction of sp³-hybridized carbons (Fsp3) is 0.600. The van der Waals surface area contributed by atoms with Crippen LogP contribution in [0.3, 0.4) is 0 Å². The molecule has 0 unspecified atom stereocenters. The lowest BCUT2D eigenvalue weighted by molar-refractivity contribution is 0.0599. The van der Waals surface area contributed by atoms with Crippen LogP contribution in [0.25, 0.3) is 0 Å². The first-order chi connectivity index (χ1) is 9.20. The number of anilines is 1. The zero-order chi connectivity index (χ0) is 13.7. The van der Waals surface area contributed by atoms with E-state index in [1.807, 2.05) is 13.0 Å². The molecule has 19 heavy (non-hydrogen) atoms. The summed E-state index contributed by atoms with van der Waals surface area (Å²) >= 11 is 0. The third-order valence-corrected chi connectivity index (χ3v) is 3.82. The van der Waals surface area contributed by atoms with Crippen molar-refractivity contribution < 1.29 is 9.53 Å². The molecule has 1 aromatic heterocycles. The summed E-state index contributed by atoms with van der Waals surface area (Å²) in [5.74, 6) is 1.38. The maximum absolute atomic E-state index is 11.5. The maximum Gasteiger partial charge on any atom is 0.339 e. The largest absolute Gasteiger partial charge is 0.465 e. The highest BCUT2D eigenvalue weighted by Gasteiger charge is 2.14. The molecule has 0 bridgehead atoms. The number of ether oxygens (including phenoxy) is 1. The van der Waals surface area contributed by atoms with Gasteiger partial charge in [-0.15, -0.1) is 0 Å². The first-order valence-electron chi connectivity index (χ1n) is 7.00. The van der Waals surface area contributed by atoms with Crippen molar-refractivity contribution in [1.29, 1.82) is 0 Å². The Hall–Kier alpha value is -1.58. The van der Waals surface area contributed by atoms with Gasteiger partial charge in [0.2, 0.25) is 0 Å². The van der Waals surface area contributed by atoms with Crippen molar-refractivity contribution in [3.8, 4) is 0 Å². The SMILES string of the molecule is COC(=O)c1ccc(NCCC2CCCC2)nc1C. The van der Waals surface area contributed by atoms with Crippen LogP contribution in [0.4, 0.5) is 5.82 Å². The quantitative estimate of drug-likeness (QED) is 0.828. The number of aryl methyl sites for hydroxylation is 1. The highest BCUT2D eigenvalue weighted by atomic mass is 16.5. The molecule has 1 N–H and O–H groups in total. The molecule has 0 aromatic carbocycles. The predicted molar refractivity (Wildman–Crippen MR) is 75.4 cm³/mol. The number of methoxy groups -OCH3 is 1. The first-order valence-corrected chi connectivity index (χ1v) is 7.00. The Balaban J connectivity index is 1.87. The van der Waals surface area contributed by atoms with Crippen LogP contribution in [0.5, 0.6) is 0 Å². The molecule has 4 nitrogen and oxygen atoms in total. The third kappa shape index (κ3) is 3.69. The molecule has 4 heteroatoms. The van der Waals surface area contributed by atoms with Crippen molar-refractivity contribution in [2.24, 2.45) is 5.92 Å². The smallest absolute Gasteiger partial charge is 0.339 e. The van der Waals surface area contributed by atoms with Crippen LogP contribution in [0, 0.1) is 12.8 Å². The summed E-state index contributed by atoms with van der Waals surface area (Å²) in [6.07, 6.45) is 6.72. The molecular formula is C15H22N2O2. The van der Waals surface area contributed by atoms with Gasteiger partial charge in [0.15, 0.2) is 0 Å². The van der Waals surface area contributed by atoms with Gasteiger partial charge in [-0.1, -0.05) is 25.7 Å². The van der Waals surface area contributed by atoms with Crippen molar-refractivity contribution in [2.45, 2.75) is 39.0 Å². The second kappa shape index (κ2) is 6.55. The van der Waals surface area contributed by atoms with E-state index in [-0.39, 0.29) is 5.97 Å². The molecule has 1 saturated carbocycles. The van der Waals surface area contributed by atoms with Gasteiger partial charge in [-0.3, -0.25) is 0 Å². The van der Waals surface area contributed by atoms with Gasteiger partial charge in [0.05, 0.1) is 18.4 Å². The molecule has 104 valence electrons. The van der Waals surface area contributed by atoms with Crippen LogP contribution in [0.2, 0.25) is 0 Å². The van der Waals surface area contributed by atoms with Crippen LogP contribution < -0.4 is 5.32 Å². The fourth-order valence-corrected chi connectivity index (χ4v) is 2.69. The maximum atomic E-state index is 11.5. The van der Waals surface area contributed by atoms with Gasteiger partial charge in [0.1, 0.15) is 5.82 Å². The van der Waals surface area contributed by atoms with E-state index in [4.69, 9.17) is 4.74 Å². The minimum absolute atomic E-state index is 0.331. The minimum Gasteiger partial charge on any atom is -0.465 e. The molecule has 1 aliphatic rings. The molecule has 0 radical (unpaired) electrons. The topological polar surface area (TPSA) is 51.2 Å². The zero-order valence-corrected chi connectivity index (χ0v) is 11.7. The summed E-state index contributed by atoms with van der Waals surface area (Å²) in [5, 5.41) is 3.33. The lowest BCUT2D eigenvalue weighted by Crippen LogP contribution is -2.10. The van der Waals surface area contributed by atoms with E-state index >= 15 is 0 Å². The average Bonchev–Trinajstić information content (AvgIpc) is 2.91. The number of nitrogens with one attached hydrogen (secondary N) is 1. The van der Waals surface area contributed by atoms with Gasteiger partial charge < -0.3 is 10.1 Å². The molecule has 0 saturated heterocycles. The second-order valence-electron chi connectivity index (χ2n) is 5.19. The molecule has 0 amide bonds.